The molecule has 16 aromatic carbocycles. The zero-order valence-electron chi connectivity index (χ0n) is 78.5. The molecule has 4 nitrogen and oxygen atoms in total. The van der Waals surface area contributed by atoms with Crippen molar-refractivity contribution >= 4 is 68.2 Å². The summed E-state index contributed by atoms with van der Waals surface area (Å²) in [6.45, 7) is 0. The van der Waals surface area contributed by atoms with Gasteiger partial charge in [-0.2, -0.15) is 0 Å². The number of benzene rings is 16. The van der Waals surface area contributed by atoms with Crippen molar-refractivity contribution in [3.63, 3.8) is 0 Å². The third kappa shape index (κ3) is 12.1. The Bertz CT molecular complexity index is 6770. The molecule has 6 spiro atoms. The van der Waals surface area contributed by atoms with E-state index < -0.39 is 0 Å². The van der Waals surface area contributed by atoms with Crippen LogP contribution in [0.1, 0.15) is 259 Å². The summed E-state index contributed by atoms with van der Waals surface area (Å²) in [7, 11) is 0. The van der Waals surface area contributed by atoms with E-state index in [-0.39, 0.29) is 32.5 Å². The summed E-state index contributed by atoms with van der Waals surface area (Å²) >= 11 is 0. The van der Waals surface area contributed by atoms with Gasteiger partial charge in [-0.1, -0.05) is 322 Å². The fraction of sp³-hybridized carbons (Fsp3) is 0.273. The quantitative estimate of drug-likeness (QED) is 0.114. The molecule has 0 heterocycles. The van der Waals surface area contributed by atoms with Crippen molar-refractivity contribution < 1.29 is 0 Å². The highest BCUT2D eigenvalue weighted by Gasteiger charge is 2.52. The SMILES string of the molecule is c1ccc2c(c1)-c1ccc(N(c3ccc(-c4ccc(N(c5ccc(N(c6ccc7c(c6)C6(CCCCC6)c6ccccc6-7)c6ccc7c(c6)C6(CCCCC6)c6ccccc6-7)cc5)c5ccc6c(c5)C5(CCCCC5)c5ccccc5-6)cc4)cc3)c3ccc(N(c4ccc5c(c4)C4(CCCCC4)c4ccccc4-5)c4ccc5c(c4)C4(CCCCC4)c4ccccc4-5)cc3)cc1C21CCCCC1. The molecule has 4 heteroatoms. The van der Waals surface area contributed by atoms with Crippen molar-refractivity contribution in [1.82, 2.24) is 0 Å². The van der Waals surface area contributed by atoms with E-state index in [1.54, 1.807) is 0 Å². The molecular weight excluding hydrogens is 1640 g/mol. The van der Waals surface area contributed by atoms with Crippen LogP contribution in [0.5, 0.6) is 0 Å². The average Bonchev–Trinajstić information content (AvgIpc) is 1.58. The van der Waals surface area contributed by atoms with Crippen LogP contribution in [-0.2, 0) is 32.5 Å². The standard InChI is InChI=1S/C132H118N4/c1-19-71-127(72-20-1)115-37-13-7-31-103(115)109-65-59-97(83-121(109)127)133(93-51-55-95(56-52-93)135(99-61-67-111-105-33-9-15-39-117(105)129(123(111)85-99)75-23-3-24-76-129)100-62-68-112-106-34-10-16-40-118(106)130(124(112)86-100)77-25-4-26-78-130)91-47-43-89(44-48-91)90-45-49-92(50-46-90)134(98-60-66-110-104-32-8-14-38-116(104)128(122(110)84-98)73-21-2-22-74-128)94-53-57-96(58-54-94)136(101-63-69-113-107-35-11-17-41-119(107)131(125(113)87-101)79-27-5-28-80-131)102-64-70-114-108-36-12-18-42-120(108)132(126(114)88-102)81-29-6-30-82-132/h7-18,31-70,83-88H,1-6,19-30,71-82H2. The molecule has 0 radical (unpaired) electrons. The van der Waals surface area contributed by atoms with E-state index in [9.17, 15) is 0 Å². The zero-order chi connectivity index (χ0) is 89.5. The van der Waals surface area contributed by atoms with E-state index in [0.717, 1.165) is 22.7 Å². The van der Waals surface area contributed by atoms with Gasteiger partial charge in [0.1, 0.15) is 0 Å². The Hall–Kier alpha value is -13.3. The lowest BCUT2D eigenvalue weighted by Crippen LogP contribution is -2.28. The minimum Gasteiger partial charge on any atom is -0.310 e. The molecule has 666 valence electrons. The molecule has 0 atom stereocenters. The maximum atomic E-state index is 2.64. The van der Waals surface area contributed by atoms with Gasteiger partial charge in [-0.15, -0.1) is 0 Å². The molecular formula is C132H118N4. The Kier molecular flexibility index (Phi) is 18.9. The molecule has 0 bridgehead atoms. The molecule has 12 aliphatic carbocycles. The molecule has 0 unspecified atom stereocenters. The number of anilines is 12. The van der Waals surface area contributed by atoms with Crippen molar-refractivity contribution in [2.75, 3.05) is 19.6 Å². The molecule has 28 rings (SSSR count). The van der Waals surface area contributed by atoms with Gasteiger partial charge in [0.05, 0.1) is 0 Å². The summed E-state index contributed by atoms with van der Waals surface area (Å²) in [6.07, 6.45) is 37.1. The minimum absolute atomic E-state index is 0.0116. The van der Waals surface area contributed by atoms with Crippen LogP contribution < -0.4 is 19.6 Å². The van der Waals surface area contributed by atoms with E-state index in [1.807, 2.05) is 0 Å². The highest BCUT2D eigenvalue weighted by atomic mass is 15.2. The topological polar surface area (TPSA) is 13.0 Å². The largest absolute Gasteiger partial charge is 0.310 e. The minimum atomic E-state index is -0.0116. The summed E-state index contributed by atoms with van der Waals surface area (Å²) in [6, 6.07) is 141. The maximum Gasteiger partial charge on any atom is 0.0465 e. The Morgan fingerprint density at radius 2 is 0.250 bits per heavy atom. The van der Waals surface area contributed by atoms with Gasteiger partial charge in [-0.25, -0.2) is 0 Å². The van der Waals surface area contributed by atoms with Crippen molar-refractivity contribution in [2.24, 2.45) is 0 Å². The van der Waals surface area contributed by atoms with E-state index in [4.69, 9.17) is 0 Å². The van der Waals surface area contributed by atoms with Crippen LogP contribution in [0.25, 0.3) is 77.9 Å². The second kappa shape index (κ2) is 31.7. The van der Waals surface area contributed by atoms with Gasteiger partial charge in [0.2, 0.25) is 0 Å². The number of fused-ring (bicyclic) bond motifs is 30. The van der Waals surface area contributed by atoms with Crippen LogP contribution in [0.15, 0.2) is 352 Å². The van der Waals surface area contributed by atoms with Gasteiger partial charge in [-0.3, -0.25) is 0 Å². The lowest BCUT2D eigenvalue weighted by atomic mass is 9.67. The van der Waals surface area contributed by atoms with Crippen molar-refractivity contribution in [3.8, 4) is 77.9 Å². The smallest absolute Gasteiger partial charge is 0.0465 e. The van der Waals surface area contributed by atoms with Crippen LogP contribution in [-0.4, -0.2) is 0 Å². The van der Waals surface area contributed by atoms with Gasteiger partial charge >= 0.3 is 0 Å². The fourth-order valence-electron chi connectivity index (χ4n) is 30.6. The average molecular weight is 1760 g/mol. The Balaban J connectivity index is 0.563. The third-order valence-corrected chi connectivity index (χ3v) is 36.6. The highest BCUT2D eigenvalue weighted by Crippen LogP contribution is 2.66. The summed E-state index contributed by atoms with van der Waals surface area (Å²) in [5.41, 5.74) is 51.8. The highest BCUT2D eigenvalue weighted by molar-refractivity contribution is 5.96. The zero-order valence-corrected chi connectivity index (χ0v) is 78.5. The normalized spacial score (nSPS) is 18.5. The molecule has 12 aliphatic rings. The van der Waals surface area contributed by atoms with E-state index >= 15 is 0 Å². The van der Waals surface area contributed by atoms with Crippen LogP contribution in [0.4, 0.5) is 68.2 Å². The molecule has 16 aromatic rings. The van der Waals surface area contributed by atoms with Crippen LogP contribution in [0.2, 0.25) is 0 Å². The lowest BCUT2D eigenvalue weighted by Gasteiger charge is -2.37. The predicted molar refractivity (Wildman–Crippen MR) is 566 cm³/mol. The van der Waals surface area contributed by atoms with E-state index in [1.165, 1.54) is 383 Å². The second-order valence-corrected chi connectivity index (χ2v) is 43.0. The number of rotatable bonds is 13. The lowest BCUT2D eigenvalue weighted by molar-refractivity contribution is 0.353. The van der Waals surface area contributed by atoms with Gasteiger partial charge < -0.3 is 19.6 Å². The Labute approximate surface area is 803 Å². The first kappa shape index (κ1) is 81.1. The number of nitrogens with zero attached hydrogens (tertiary/aromatic N) is 4. The Morgan fingerprint density at radius 1 is 0.118 bits per heavy atom. The Morgan fingerprint density at radius 3 is 0.419 bits per heavy atom. The monoisotopic (exact) mass is 1760 g/mol. The first-order valence-corrected chi connectivity index (χ1v) is 52.4. The van der Waals surface area contributed by atoms with E-state index in [2.05, 4.69) is 371 Å². The van der Waals surface area contributed by atoms with Crippen molar-refractivity contribution in [3.05, 3.63) is 419 Å². The molecule has 0 N–H and O–H groups in total. The van der Waals surface area contributed by atoms with Crippen LogP contribution >= 0.6 is 0 Å². The molecule has 136 heavy (non-hydrogen) atoms. The van der Waals surface area contributed by atoms with Crippen LogP contribution in [0, 0.1) is 0 Å². The summed E-state index contributed by atoms with van der Waals surface area (Å²) in [5, 5.41) is 0. The molecule has 6 saturated carbocycles. The third-order valence-electron chi connectivity index (χ3n) is 36.6. The summed E-state index contributed by atoms with van der Waals surface area (Å²) in [5.74, 6) is 0. The molecule has 0 saturated heterocycles. The first-order valence-electron chi connectivity index (χ1n) is 52.4. The van der Waals surface area contributed by atoms with Gasteiger partial charge in [-0.05, 0) is 367 Å². The maximum absolute atomic E-state index is 2.64. The summed E-state index contributed by atoms with van der Waals surface area (Å²) in [4.78, 5) is 10.4. The van der Waals surface area contributed by atoms with Gasteiger partial charge in [0.15, 0.2) is 0 Å². The van der Waals surface area contributed by atoms with Crippen molar-refractivity contribution in [2.45, 2.75) is 225 Å². The number of hydrogen-bond acceptors (Lipinski definition) is 4. The first-order chi connectivity index (χ1) is 67.3. The second-order valence-electron chi connectivity index (χ2n) is 43.0. The van der Waals surface area contributed by atoms with Gasteiger partial charge in [0.25, 0.3) is 0 Å². The predicted octanol–water partition coefficient (Wildman–Crippen LogP) is 36.6. The van der Waals surface area contributed by atoms with Crippen LogP contribution in [0.3, 0.4) is 0 Å². The van der Waals surface area contributed by atoms with E-state index in [0.29, 0.717) is 0 Å². The summed E-state index contributed by atoms with van der Waals surface area (Å²) < 4.78 is 0. The van der Waals surface area contributed by atoms with Gasteiger partial charge in [0, 0.05) is 101 Å². The molecule has 0 aromatic heterocycles. The molecule has 0 amide bonds. The number of hydrogen-bond donors (Lipinski definition) is 0. The van der Waals surface area contributed by atoms with Crippen molar-refractivity contribution in [1.29, 1.82) is 0 Å². The molecule has 0 aliphatic heterocycles. The molecule has 6 fully saturated rings. The fourth-order valence-corrected chi connectivity index (χ4v) is 30.6.